The lowest BCUT2D eigenvalue weighted by atomic mass is 10.2. The summed E-state index contributed by atoms with van der Waals surface area (Å²) in [4.78, 5) is 2.46. The highest BCUT2D eigenvalue weighted by Crippen LogP contribution is 2.16. The van der Waals surface area contributed by atoms with E-state index in [1.165, 1.54) is 32.5 Å². The van der Waals surface area contributed by atoms with Gasteiger partial charge < -0.3 is 9.73 Å². The summed E-state index contributed by atoms with van der Waals surface area (Å²) in [6, 6.07) is 3.76. The van der Waals surface area contributed by atoms with Crippen LogP contribution in [0.15, 0.2) is 21.6 Å². The quantitative estimate of drug-likeness (QED) is 0.778. The van der Waals surface area contributed by atoms with Gasteiger partial charge in [-0.05, 0) is 45.1 Å². The fraction of sp³-hybridized carbons (Fsp3) is 0.692. The largest absolute Gasteiger partial charge is 0.447 e. The van der Waals surface area contributed by atoms with Crippen LogP contribution in [0.25, 0.3) is 0 Å². The molecular weight excluding hydrogens is 278 g/mol. The van der Waals surface area contributed by atoms with Gasteiger partial charge in [0.05, 0.1) is 6.54 Å². The highest BCUT2D eigenvalue weighted by Gasteiger charge is 2.22. The molecule has 1 atom stereocenters. The van der Waals surface area contributed by atoms with E-state index in [1.54, 1.807) is 6.07 Å². The fourth-order valence-corrected chi connectivity index (χ4v) is 3.27. The third kappa shape index (κ3) is 3.60. The van der Waals surface area contributed by atoms with Crippen molar-refractivity contribution >= 4 is 10.0 Å². The van der Waals surface area contributed by atoms with E-state index in [4.69, 9.17) is 4.42 Å². The van der Waals surface area contributed by atoms with Gasteiger partial charge in [-0.25, -0.2) is 13.1 Å². The Kier molecular flexibility index (Phi) is 5.20. The minimum absolute atomic E-state index is 0.0344. The maximum Gasteiger partial charge on any atom is 0.273 e. The van der Waals surface area contributed by atoms with Crippen LogP contribution in [0.3, 0.4) is 0 Å². The monoisotopic (exact) mass is 301 g/mol. The van der Waals surface area contributed by atoms with Gasteiger partial charge in [-0.15, -0.1) is 0 Å². The molecule has 0 aliphatic carbocycles. The van der Waals surface area contributed by atoms with Crippen molar-refractivity contribution in [2.45, 2.75) is 37.4 Å². The number of hydrogen-bond donors (Lipinski definition) is 2. The Morgan fingerprint density at radius 3 is 2.95 bits per heavy atom. The topological polar surface area (TPSA) is 74.6 Å². The molecule has 7 heteroatoms. The summed E-state index contributed by atoms with van der Waals surface area (Å²) in [6.45, 7) is 5.89. The van der Waals surface area contributed by atoms with Crippen LogP contribution in [0.5, 0.6) is 0 Å². The average Bonchev–Trinajstić information content (AvgIpc) is 3.07. The van der Waals surface area contributed by atoms with Crippen LogP contribution in [-0.2, 0) is 16.6 Å². The molecule has 0 amide bonds. The van der Waals surface area contributed by atoms with E-state index in [-0.39, 0.29) is 5.09 Å². The molecule has 0 radical (unpaired) electrons. The van der Waals surface area contributed by atoms with Gasteiger partial charge in [0, 0.05) is 12.6 Å². The molecule has 1 aromatic rings. The van der Waals surface area contributed by atoms with Crippen molar-refractivity contribution in [2.75, 3.05) is 26.7 Å². The van der Waals surface area contributed by atoms with E-state index < -0.39 is 10.0 Å². The third-order valence-corrected chi connectivity index (χ3v) is 5.04. The van der Waals surface area contributed by atoms with E-state index >= 15 is 0 Å². The third-order valence-electron chi connectivity index (χ3n) is 3.76. The summed E-state index contributed by atoms with van der Waals surface area (Å²) in [5, 5.41) is 3.31. The Morgan fingerprint density at radius 2 is 2.25 bits per heavy atom. The molecule has 1 saturated heterocycles. The molecule has 0 spiro atoms. The van der Waals surface area contributed by atoms with E-state index in [9.17, 15) is 8.42 Å². The van der Waals surface area contributed by atoms with Crippen molar-refractivity contribution in [3.8, 4) is 0 Å². The Bertz CT molecular complexity index is 527. The highest BCUT2D eigenvalue weighted by atomic mass is 32.2. The van der Waals surface area contributed by atoms with Crippen LogP contribution >= 0.6 is 0 Å². The molecule has 2 rings (SSSR count). The smallest absolute Gasteiger partial charge is 0.273 e. The van der Waals surface area contributed by atoms with Crippen LogP contribution in [0.1, 0.15) is 25.5 Å². The summed E-state index contributed by atoms with van der Waals surface area (Å²) in [7, 11) is -2.11. The van der Waals surface area contributed by atoms with Crippen molar-refractivity contribution in [1.29, 1.82) is 0 Å². The zero-order chi connectivity index (χ0) is 14.6. The second-order valence-electron chi connectivity index (χ2n) is 4.98. The highest BCUT2D eigenvalue weighted by molar-refractivity contribution is 7.89. The van der Waals surface area contributed by atoms with Crippen LogP contribution in [-0.4, -0.2) is 46.0 Å². The summed E-state index contributed by atoms with van der Waals surface area (Å²) in [5.74, 6) is 0.639. The first-order valence-electron chi connectivity index (χ1n) is 7.04. The maximum absolute atomic E-state index is 11.5. The van der Waals surface area contributed by atoms with Crippen LogP contribution in [0.4, 0.5) is 0 Å². The minimum atomic E-state index is -3.48. The number of nitrogens with one attached hydrogen (secondary N) is 2. The second-order valence-corrected chi connectivity index (χ2v) is 6.80. The Balaban J connectivity index is 1.83. The predicted molar refractivity (Wildman–Crippen MR) is 76.9 cm³/mol. The number of sulfonamides is 1. The number of furan rings is 1. The summed E-state index contributed by atoms with van der Waals surface area (Å²) in [5.41, 5.74) is 0. The van der Waals surface area contributed by atoms with Crippen molar-refractivity contribution in [1.82, 2.24) is 14.9 Å². The standard InChI is InChI=1S/C13H23N3O3S/c1-3-16-8-4-5-11(16)9-15-10-12-6-7-13(19-12)20(17,18)14-2/h6-7,11,14-15H,3-5,8-10H2,1-2H3. The molecule has 0 aromatic carbocycles. The van der Waals surface area contributed by atoms with Gasteiger partial charge in [-0.3, -0.25) is 4.90 Å². The Labute approximate surface area is 120 Å². The predicted octanol–water partition coefficient (Wildman–Crippen LogP) is 0.762. The zero-order valence-corrected chi connectivity index (χ0v) is 12.9. The average molecular weight is 301 g/mol. The molecule has 2 heterocycles. The van der Waals surface area contributed by atoms with Gasteiger partial charge in [0.2, 0.25) is 5.09 Å². The van der Waals surface area contributed by atoms with Crippen LogP contribution in [0, 0.1) is 0 Å². The maximum atomic E-state index is 11.5. The van der Waals surface area contributed by atoms with Crippen LogP contribution in [0.2, 0.25) is 0 Å². The zero-order valence-electron chi connectivity index (χ0n) is 12.1. The number of likely N-dealkylation sites (tertiary alicyclic amines) is 1. The molecule has 1 fully saturated rings. The molecule has 2 N–H and O–H groups in total. The molecular formula is C13H23N3O3S. The molecule has 20 heavy (non-hydrogen) atoms. The van der Waals surface area contributed by atoms with E-state index in [1.807, 2.05) is 0 Å². The number of hydrogen-bond acceptors (Lipinski definition) is 5. The van der Waals surface area contributed by atoms with Crippen molar-refractivity contribution in [2.24, 2.45) is 0 Å². The second kappa shape index (κ2) is 6.71. The van der Waals surface area contributed by atoms with Gasteiger partial charge in [-0.1, -0.05) is 6.92 Å². The van der Waals surface area contributed by atoms with Gasteiger partial charge >= 0.3 is 0 Å². The summed E-state index contributed by atoms with van der Waals surface area (Å²) < 4.78 is 30.7. The Morgan fingerprint density at radius 1 is 1.45 bits per heavy atom. The van der Waals surface area contributed by atoms with Gasteiger partial charge in [0.1, 0.15) is 5.76 Å². The normalized spacial score (nSPS) is 20.6. The van der Waals surface area contributed by atoms with E-state index in [2.05, 4.69) is 21.9 Å². The first kappa shape index (κ1) is 15.5. The molecule has 114 valence electrons. The first-order chi connectivity index (χ1) is 9.56. The summed E-state index contributed by atoms with van der Waals surface area (Å²) in [6.07, 6.45) is 2.48. The number of rotatable bonds is 7. The lowest BCUT2D eigenvalue weighted by Crippen LogP contribution is -2.37. The molecule has 6 nitrogen and oxygen atoms in total. The van der Waals surface area contributed by atoms with E-state index in [0.717, 1.165) is 13.1 Å². The molecule has 1 aliphatic rings. The van der Waals surface area contributed by atoms with Crippen molar-refractivity contribution in [3.05, 3.63) is 17.9 Å². The van der Waals surface area contributed by atoms with Gasteiger partial charge in [0.15, 0.2) is 0 Å². The number of nitrogens with zero attached hydrogens (tertiary/aromatic N) is 1. The molecule has 1 unspecified atom stereocenters. The minimum Gasteiger partial charge on any atom is -0.447 e. The molecule has 0 saturated carbocycles. The fourth-order valence-electron chi connectivity index (χ4n) is 2.60. The lowest BCUT2D eigenvalue weighted by Gasteiger charge is -2.22. The number of likely N-dealkylation sites (N-methyl/N-ethyl adjacent to an activating group) is 1. The van der Waals surface area contributed by atoms with Crippen molar-refractivity contribution in [3.63, 3.8) is 0 Å². The molecule has 1 aromatic heterocycles. The van der Waals surface area contributed by atoms with Crippen LogP contribution < -0.4 is 10.0 Å². The van der Waals surface area contributed by atoms with Gasteiger partial charge in [-0.2, -0.15) is 0 Å². The Hall–Kier alpha value is -0.890. The van der Waals surface area contributed by atoms with E-state index in [0.29, 0.717) is 18.3 Å². The van der Waals surface area contributed by atoms with Crippen molar-refractivity contribution < 1.29 is 12.8 Å². The van der Waals surface area contributed by atoms with Gasteiger partial charge in [0.25, 0.3) is 10.0 Å². The molecule has 0 bridgehead atoms. The molecule has 1 aliphatic heterocycles. The first-order valence-corrected chi connectivity index (χ1v) is 8.52. The lowest BCUT2D eigenvalue weighted by molar-refractivity contribution is 0.257. The summed E-state index contributed by atoms with van der Waals surface area (Å²) >= 11 is 0. The SMILES string of the molecule is CCN1CCCC1CNCc1ccc(S(=O)(=O)NC)o1.